The molecular weight excluding hydrogens is 282 g/mol. The lowest BCUT2D eigenvalue weighted by Crippen LogP contribution is -2.47. The second kappa shape index (κ2) is 5.76. The molecule has 1 aliphatic rings. The number of pyridine rings is 1. The summed E-state index contributed by atoms with van der Waals surface area (Å²) < 4.78 is 27.9. The normalized spacial score (nSPS) is 19.7. The Kier molecular flexibility index (Phi) is 4.24. The number of hydrogen-bond donors (Lipinski definition) is 1. The summed E-state index contributed by atoms with van der Waals surface area (Å²) in [7, 11) is -2.17. The molecule has 1 amide bonds. The van der Waals surface area contributed by atoms with Crippen LogP contribution in [0.15, 0.2) is 18.5 Å². The van der Waals surface area contributed by atoms with Crippen LogP contribution < -0.4 is 9.88 Å². The van der Waals surface area contributed by atoms with Gasteiger partial charge >= 0.3 is 0 Å². The number of ether oxygens (including phenoxy) is 1. The molecule has 1 unspecified atom stereocenters. The van der Waals surface area contributed by atoms with Crippen molar-refractivity contribution in [2.45, 2.75) is 18.1 Å². The van der Waals surface area contributed by atoms with E-state index in [-0.39, 0.29) is 12.5 Å². The van der Waals surface area contributed by atoms with Crippen LogP contribution in [0, 0.1) is 0 Å². The van der Waals surface area contributed by atoms with Crippen LogP contribution >= 0.6 is 0 Å². The average Bonchev–Trinajstić information content (AvgIpc) is 2.45. The van der Waals surface area contributed by atoms with E-state index < -0.39 is 15.3 Å². The Hall–Kier alpha value is -1.67. The summed E-state index contributed by atoms with van der Waals surface area (Å²) >= 11 is 0. The molecule has 1 saturated heterocycles. The van der Waals surface area contributed by atoms with Crippen LogP contribution in [0.3, 0.4) is 0 Å². The van der Waals surface area contributed by atoms with Crippen molar-refractivity contribution < 1.29 is 17.9 Å². The number of carbonyl (C=O) groups is 1. The summed E-state index contributed by atoms with van der Waals surface area (Å²) in [5.74, 6) is 0.104. The number of sulfonamides is 1. The number of piperidine rings is 1. The molecule has 0 bridgehead atoms. The monoisotopic (exact) mass is 299 g/mol. The molecule has 1 fully saturated rings. The molecule has 1 aromatic heterocycles. The molecule has 1 atom stereocenters. The quantitative estimate of drug-likeness (QED) is 0.845. The van der Waals surface area contributed by atoms with Gasteiger partial charge in [-0.1, -0.05) is 0 Å². The summed E-state index contributed by atoms with van der Waals surface area (Å²) in [6.45, 7) is 0.624. The van der Waals surface area contributed by atoms with Gasteiger partial charge in [-0.05, 0) is 18.9 Å². The fourth-order valence-electron chi connectivity index (χ4n) is 2.28. The molecule has 0 saturated carbocycles. The van der Waals surface area contributed by atoms with Crippen LogP contribution in [0.5, 0.6) is 5.75 Å². The average molecular weight is 299 g/mol. The van der Waals surface area contributed by atoms with Gasteiger partial charge in [0.1, 0.15) is 5.75 Å². The second-order valence-corrected chi connectivity index (χ2v) is 6.53. The van der Waals surface area contributed by atoms with Crippen molar-refractivity contribution in [3.63, 3.8) is 0 Å². The predicted octanol–water partition coefficient (Wildman–Crippen LogP) is -0.0167. The summed E-state index contributed by atoms with van der Waals surface area (Å²) in [6, 6.07) is 1.56. The summed E-state index contributed by atoms with van der Waals surface area (Å²) in [4.78, 5) is 17.8. The van der Waals surface area contributed by atoms with E-state index in [2.05, 4.69) is 4.98 Å². The zero-order chi connectivity index (χ0) is 14.8. The molecule has 2 heterocycles. The maximum Gasteiger partial charge on any atom is 0.257 e. The molecule has 0 aromatic carbocycles. The lowest BCUT2D eigenvalue weighted by Gasteiger charge is -2.31. The van der Waals surface area contributed by atoms with Gasteiger partial charge in [0.25, 0.3) is 5.91 Å². The molecule has 7 nitrogen and oxygen atoms in total. The van der Waals surface area contributed by atoms with Gasteiger partial charge in [0.05, 0.1) is 24.1 Å². The van der Waals surface area contributed by atoms with E-state index in [0.717, 1.165) is 0 Å². The van der Waals surface area contributed by atoms with E-state index in [1.165, 1.54) is 24.4 Å². The van der Waals surface area contributed by atoms with Gasteiger partial charge in [-0.2, -0.15) is 0 Å². The van der Waals surface area contributed by atoms with Crippen LogP contribution in [-0.4, -0.2) is 49.7 Å². The fourth-order valence-corrected chi connectivity index (χ4v) is 3.16. The van der Waals surface area contributed by atoms with E-state index in [9.17, 15) is 13.2 Å². The molecule has 0 spiro atoms. The highest BCUT2D eigenvalue weighted by Crippen LogP contribution is 2.22. The van der Waals surface area contributed by atoms with Gasteiger partial charge in [0.2, 0.25) is 10.0 Å². The van der Waals surface area contributed by atoms with Crippen LogP contribution in [0.1, 0.15) is 23.2 Å². The van der Waals surface area contributed by atoms with Crippen LogP contribution in [0.2, 0.25) is 0 Å². The van der Waals surface area contributed by atoms with E-state index >= 15 is 0 Å². The SMILES string of the molecule is COc1cnccc1C(=O)N1CCCC(S(N)(=O)=O)C1. The molecule has 0 aliphatic carbocycles. The van der Waals surface area contributed by atoms with Gasteiger partial charge < -0.3 is 9.64 Å². The number of rotatable bonds is 3. The third-order valence-corrected chi connectivity index (χ3v) is 4.68. The lowest BCUT2D eigenvalue weighted by atomic mass is 10.1. The van der Waals surface area contributed by atoms with Crippen molar-refractivity contribution >= 4 is 15.9 Å². The van der Waals surface area contributed by atoms with E-state index in [4.69, 9.17) is 9.88 Å². The molecule has 0 radical (unpaired) electrons. The number of aromatic nitrogens is 1. The Morgan fingerprint density at radius 1 is 1.55 bits per heavy atom. The molecule has 8 heteroatoms. The minimum Gasteiger partial charge on any atom is -0.494 e. The first-order valence-electron chi connectivity index (χ1n) is 6.22. The van der Waals surface area contributed by atoms with Crippen molar-refractivity contribution in [3.8, 4) is 5.75 Å². The first-order chi connectivity index (χ1) is 9.43. The van der Waals surface area contributed by atoms with Crippen LogP contribution in [0.4, 0.5) is 0 Å². The van der Waals surface area contributed by atoms with Crippen molar-refractivity contribution in [2.75, 3.05) is 20.2 Å². The predicted molar refractivity (Wildman–Crippen MR) is 72.8 cm³/mol. The van der Waals surface area contributed by atoms with E-state index in [1.807, 2.05) is 0 Å². The Morgan fingerprint density at radius 2 is 2.30 bits per heavy atom. The number of carbonyl (C=O) groups excluding carboxylic acids is 1. The topological polar surface area (TPSA) is 103 Å². The number of hydrogen-bond acceptors (Lipinski definition) is 5. The molecule has 2 rings (SSSR count). The Bertz CT molecular complexity index is 602. The van der Waals surface area contributed by atoms with Gasteiger partial charge in [-0.15, -0.1) is 0 Å². The Balaban J connectivity index is 2.21. The highest BCUT2D eigenvalue weighted by Gasteiger charge is 2.31. The van der Waals surface area contributed by atoms with Crippen molar-refractivity contribution in [3.05, 3.63) is 24.0 Å². The highest BCUT2D eigenvalue weighted by atomic mass is 32.2. The fraction of sp³-hybridized carbons (Fsp3) is 0.500. The molecule has 2 N–H and O–H groups in total. The van der Waals surface area contributed by atoms with Gasteiger partial charge in [0.15, 0.2) is 0 Å². The minimum atomic E-state index is -3.63. The highest BCUT2D eigenvalue weighted by molar-refractivity contribution is 7.89. The van der Waals surface area contributed by atoms with E-state index in [0.29, 0.717) is 30.7 Å². The number of likely N-dealkylation sites (tertiary alicyclic amines) is 1. The largest absolute Gasteiger partial charge is 0.494 e. The molecular formula is C12H17N3O4S. The first kappa shape index (κ1) is 14.7. The molecule has 110 valence electrons. The van der Waals surface area contributed by atoms with Crippen molar-refractivity contribution in [1.29, 1.82) is 0 Å². The van der Waals surface area contributed by atoms with Gasteiger partial charge in [-0.25, -0.2) is 13.6 Å². The number of amides is 1. The van der Waals surface area contributed by atoms with Gasteiger partial charge in [0, 0.05) is 19.3 Å². The number of primary sulfonamides is 1. The van der Waals surface area contributed by atoms with Gasteiger partial charge in [-0.3, -0.25) is 9.78 Å². The summed E-state index contributed by atoms with van der Waals surface area (Å²) in [5.41, 5.74) is 0.373. The number of nitrogens with two attached hydrogens (primary N) is 1. The third kappa shape index (κ3) is 3.07. The number of methoxy groups -OCH3 is 1. The van der Waals surface area contributed by atoms with Crippen LogP contribution in [-0.2, 0) is 10.0 Å². The maximum atomic E-state index is 12.4. The van der Waals surface area contributed by atoms with Crippen molar-refractivity contribution in [2.24, 2.45) is 5.14 Å². The zero-order valence-corrected chi connectivity index (χ0v) is 12.0. The maximum absolute atomic E-state index is 12.4. The minimum absolute atomic E-state index is 0.114. The number of nitrogens with zero attached hydrogens (tertiary/aromatic N) is 2. The zero-order valence-electron chi connectivity index (χ0n) is 11.2. The summed E-state index contributed by atoms with van der Waals surface area (Å²) in [6.07, 6.45) is 4.04. The first-order valence-corrected chi connectivity index (χ1v) is 7.83. The van der Waals surface area contributed by atoms with Crippen LogP contribution in [0.25, 0.3) is 0 Å². The molecule has 1 aliphatic heterocycles. The third-order valence-electron chi connectivity index (χ3n) is 3.36. The molecule has 1 aromatic rings. The lowest BCUT2D eigenvalue weighted by molar-refractivity contribution is 0.0723. The summed E-state index contributed by atoms with van der Waals surface area (Å²) in [5, 5.41) is 4.47. The Labute approximate surface area is 117 Å². The second-order valence-electron chi connectivity index (χ2n) is 4.68. The van der Waals surface area contributed by atoms with E-state index in [1.54, 1.807) is 6.07 Å². The van der Waals surface area contributed by atoms with Crippen molar-refractivity contribution in [1.82, 2.24) is 9.88 Å². The Morgan fingerprint density at radius 3 is 2.95 bits per heavy atom. The smallest absolute Gasteiger partial charge is 0.257 e. The standard InChI is InChI=1S/C12H17N3O4S/c1-19-11-7-14-5-4-10(11)12(16)15-6-2-3-9(8-15)20(13,17)18/h4-5,7,9H,2-3,6,8H2,1H3,(H2,13,17,18). The molecule has 20 heavy (non-hydrogen) atoms.